The molecule has 162 valence electrons. The molecule has 0 saturated heterocycles. The van der Waals surface area contributed by atoms with Gasteiger partial charge in [-0.2, -0.15) is 5.10 Å². The fraction of sp³-hybridized carbons (Fsp3) is 0.0714. The van der Waals surface area contributed by atoms with Crippen molar-refractivity contribution in [1.29, 1.82) is 0 Å². The lowest BCUT2D eigenvalue weighted by molar-refractivity contribution is 0.628. The van der Waals surface area contributed by atoms with Crippen molar-refractivity contribution in [3.8, 4) is 22.5 Å². The van der Waals surface area contributed by atoms with E-state index in [1.807, 2.05) is 56.6 Å². The van der Waals surface area contributed by atoms with Gasteiger partial charge in [0.2, 0.25) is 0 Å². The molecule has 0 spiro atoms. The van der Waals surface area contributed by atoms with Gasteiger partial charge in [-0.05, 0) is 78.1 Å². The predicted molar refractivity (Wildman–Crippen MR) is 133 cm³/mol. The van der Waals surface area contributed by atoms with E-state index in [1.165, 1.54) is 12.1 Å². The van der Waals surface area contributed by atoms with Crippen molar-refractivity contribution in [3.05, 3.63) is 101 Å². The first-order valence-corrected chi connectivity index (χ1v) is 10.7. The van der Waals surface area contributed by atoms with Gasteiger partial charge in [0.05, 0.1) is 11.0 Å². The number of benzene rings is 2. The first-order valence-electron chi connectivity index (χ1n) is 10.7. The third-order valence-electron chi connectivity index (χ3n) is 5.76. The molecular weight excluding hydrogens is 411 g/mol. The average molecular weight is 435 g/mol. The van der Waals surface area contributed by atoms with Crippen molar-refractivity contribution < 1.29 is 4.39 Å². The van der Waals surface area contributed by atoms with E-state index in [0.29, 0.717) is 0 Å². The molecule has 0 aliphatic rings. The Bertz CT molecular complexity index is 1600. The van der Waals surface area contributed by atoms with Crippen LogP contribution < -0.4 is 10.6 Å². The minimum absolute atomic E-state index is 0.246. The van der Waals surface area contributed by atoms with Crippen LogP contribution in [0.5, 0.6) is 0 Å². The molecule has 0 unspecified atom stereocenters. The first-order chi connectivity index (χ1) is 16.0. The highest BCUT2D eigenvalue weighted by Gasteiger charge is 2.12. The smallest absolute Gasteiger partial charge is 0.123 e. The number of halogens is 1. The van der Waals surface area contributed by atoms with Crippen LogP contribution in [-0.4, -0.2) is 20.2 Å². The summed E-state index contributed by atoms with van der Waals surface area (Å²) in [6.07, 6.45) is 7.68. The summed E-state index contributed by atoms with van der Waals surface area (Å²) in [6.45, 7) is 8.25. The van der Waals surface area contributed by atoms with Crippen molar-refractivity contribution in [1.82, 2.24) is 20.2 Å². The quantitative estimate of drug-likeness (QED) is 0.400. The van der Waals surface area contributed by atoms with E-state index in [9.17, 15) is 4.39 Å². The van der Waals surface area contributed by atoms with Crippen molar-refractivity contribution in [2.45, 2.75) is 13.8 Å². The van der Waals surface area contributed by atoms with E-state index in [-0.39, 0.29) is 5.82 Å². The number of aryl methyl sites for hydroxylation is 1. The van der Waals surface area contributed by atoms with Gasteiger partial charge >= 0.3 is 0 Å². The standard InChI is InChI=1S/C28H23FN4/c1-4-25-24(13-18(3)20-12-17(2)15-30-16-20)28(33-32-25)27-14-23-22(6-5-7-26(23)31-27)19-8-10-21(29)11-9-19/h4-16,31-32H,3H2,1-2H3/b24-13+,25-4+. The minimum Gasteiger partial charge on any atom is -0.353 e. The summed E-state index contributed by atoms with van der Waals surface area (Å²) >= 11 is 0. The predicted octanol–water partition coefficient (Wildman–Crippen LogP) is 5.36. The molecule has 0 atom stereocenters. The molecule has 2 aromatic carbocycles. The van der Waals surface area contributed by atoms with Crippen molar-refractivity contribution in [2.24, 2.45) is 0 Å². The monoisotopic (exact) mass is 434 g/mol. The lowest BCUT2D eigenvalue weighted by Gasteiger charge is -2.03. The molecule has 5 aromatic rings. The first kappa shape index (κ1) is 20.6. The van der Waals surface area contributed by atoms with E-state index in [2.05, 4.69) is 38.9 Å². The van der Waals surface area contributed by atoms with Gasteiger partial charge in [-0.25, -0.2) is 4.39 Å². The third kappa shape index (κ3) is 3.89. The van der Waals surface area contributed by atoms with E-state index in [0.717, 1.165) is 60.7 Å². The Balaban J connectivity index is 1.66. The second-order valence-electron chi connectivity index (χ2n) is 8.07. The Hall–Kier alpha value is -4.25. The number of H-pyrrole nitrogens is 2. The zero-order valence-electron chi connectivity index (χ0n) is 18.5. The number of fused-ring (bicyclic) bond motifs is 1. The molecule has 0 fully saturated rings. The molecule has 33 heavy (non-hydrogen) atoms. The highest BCUT2D eigenvalue weighted by atomic mass is 19.1. The second kappa shape index (κ2) is 8.36. The van der Waals surface area contributed by atoms with Gasteiger partial charge in [0.25, 0.3) is 0 Å². The number of aromatic nitrogens is 4. The second-order valence-corrected chi connectivity index (χ2v) is 8.07. The maximum Gasteiger partial charge on any atom is 0.123 e. The van der Waals surface area contributed by atoms with E-state index >= 15 is 0 Å². The number of nitrogens with one attached hydrogen (secondary N) is 2. The molecule has 5 heteroatoms. The van der Waals surface area contributed by atoms with Crippen LogP contribution in [0.15, 0.2) is 73.6 Å². The normalized spacial score (nSPS) is 12.6. The molecule has 2 N–H and O–H groups in total. The molecule has 0 aliphatic heterocycles. The molecule has 3 heterocycles. The van der Waals surface area contributed by atoms with Gasteiger partial charge in [0.1, 0.15) is 11.5 Å². The molecule has 5 rings (SSSR count). The fourth-order valence-electron chi connectivity index (χ4n) is 4.09. The summed E-state index contributed by atoms with van der Waals surface area (Å²) in [5, 5.41) is 10.7. The summed E-state index contributed by atoms with van der Waals surface area (Å²) in [4.78, 5) is 7.79. The SMILES string of the molecule is C=C(/C=c1/c(-c2cc3c(-c4ccc(F)cc4)cccc3[nH]2)n[nH]/c1=C/C)c1cncc(C)c1. The third-order valence-corrected chi connectivity index (χ3v) is 5.76. The van der Waals surface area contributed by atoms with Crippen LogP contribution in [0.3, 0.4) is 0 Å². The molecular formula is C28H23FN4. The van der Waals surface area contributed by atoms with Crippen molar-refractivity contribution in [3.63, 3.8) is 0 Å². The highest BCUT2D eigenvalue weighted by molar-refractivity contribution is 5.98. The summed E-state index contributed by atoms with van der Waals surface area (Å²) < 4.78 is 13.4. The summed E-state index contributed by atoms with van der Waals surface area (Å²) in [5.74, 6) is -0.246. The zero-order chi connectivity index (χ0) is 22.9. The number of hydrogen-bond acceptors (Lipinski definition) is 2. The highest BCUT2D eigenvalue weighted by Crippen LogP contribution is 2.31. The van der Waals surface area contributed by atoms with Gasteiger partial charge < -0.3 is 4.98 Å². The fourth-order valence-corrected chi connectivity index (χ4v) is 4.09. The Morgan fingerprint density at radius 1 is 1.06 bits per heavy atom. The Morgan fingerprint density at radius 2 is 1.88 bits per heavy atom. The maximum atomic E-state index is 13.4. The Labute approximate surface area is 190 Å². The number of nitrogens with zero attached hydrogens (tertiary/aromatic N) is 2. The molecule has 0 saturated carbocycles. The van der Waals surface area contributed by atoms with Crippen LogP contribution in [0.25, 0.3) is 51.1 Å². The number of rotatable bonds is 4. The average Bonchev–Trinajstić information content (AvgIpc) is 3.43. The lowest BCUT2D eigenvalue weighted by atomic mass is 10.0. The van der Waals surface area contributed by atoms with Gasteiger partial charge in [0, 0.05) is 28.5 Å². The van der Waals surface area contributed by atoms with E-state index < -0.39 is 0 Å². The lowest BCUT2D eigenvalue weighted by Crippen LogP contribution is -2.23. The summed E-state index contributed by atoms with van der Waals surface area (Å²) in [7, 11) is 0. The van der Waals surface area contributed by atoms with Crippen LogP contribution >= 0.6 is 0 Å². The topological polar surface area (TPSA) is 57.4 Å². The van der Waals surface area contributed by atoms with Crippen molar-refractivity contribution >= 4 is 28.6 Å². The molecule has 0 bridgehead atoms. The number of allylic oxidation sites excluding steroid dienone is 1. The number of aromatic amines is 2. The van der Waals surface area contributed by atoms with E-state index in [1.54, 1.807) is 12.1 Å². The van der Waals surface area contributed by atoms with Gasteiger partial charge in [-0.3, -0.25) is 10.1 Å². The zero-order valence-corrected chi connectivity index (χ0v) is 18.5. The van der Waals surface area contributed by atoms with Crippen molar-refractivity contribution in [2.75, 3.05) is 0 Å². The van der Waals surface area contributed by atoms with Gasteiger partial charge in [-0.15, -0.1) is 0 Å². The molecule has 4 nitrogen and oxygen atoms in total. The van der Waals surface area contributed by atoms with Crippen LogP contribution in [0, 0.1) is 12.7 Å². The van der Waals surface area contributed by atoms with Crippen LogP contribution in [0.2, 0.25) is 0 Å². The minimum atomic E-state index is -0.246. The summed E-state index contributed by atoms with van der Waals surface area (Å²) in [5.41, 5.74) is 7.61. The number of hydrogen-bond donors (Lipinski definition) is 2. The maximum absolute atomic E-state index is 13.4. The molecule has 0 amide bonds. The van der Waals surface area contributed by atoms with Crippen LogP contribution in [-0.2, 0) is 0 Å². The molecule has 0 radical (unpaired) electrons. The van der Waals surface area contributed by atoms with Gasteiger partial charge in [0.15, 0.2) is 0 Å². The summed E-state index contributed by atoms with van der Waals surface area (Å²) in [6, 6.07) is 16.8. The Kier molecular flexibility index (Phi) is 5.23. The molecule has 3 aromatic heterocycles. The Morgan fingerprint density at radius 3 is 2.64 bits per heavy atom. The van der Waals surface area contributed by atoms with Gasteiger partial charge in [-0.1, -0.05) is 36.9 Å². The largest absolute Gasteiger partial charge is 0.353 e. The van der Waals surface area contributed by atoms with E-state index in [4.69, 9.17) is 0 Å². The number of pyridine rings is 1. The van der Waals surface area contributed by atoms with Crippen LogP contribution in [0.1, 0.15) is 18.1 Å². The van der Waals surface area contributed by atoms with Crippen LogP contribution in [0.4, 0.5) is 4.39 Å². The molecule has 0 aliphatic carbocycles.